The summed E-state index contributed by atoms with van der Waals surface area (Å²) < 4.78 is 32.0. The molecule has 2 rings (SSSR count). The van der Waals surface area contributed by atoms with Gasteiger partial charge in [0.15, 0.2) is 10.7 Å². The number of hydrogen-bond donors (Lipinski definition) is 2. The van der Waals surface area contributed by atoms with Gasteiger partial charge in [-0.05, 0) is 32.0 Å². The molecule has 0 aliphatic rings. The predicted molar refractivity (Wildman–Crippen MR) is 77.2 cm³/mol. The topological polar surface area (TPSA) is 92.4 Å². The molecule has 0 aliphatic carbocycles. The van der Waals surface area contributed by atoms with E-state index in [0.29, 0.717) is 16.9 Å². The molecule has 0 radical (unpaired) electrons. The predicted octanol–water partition coefficient (Wildman–Crippen LogP) is 1.44. The Bertz CT molecular complexity index is 793. The fraction of sp³-hybridized carbons (Fsp3) is 0.214. The van der Waals surface area contributed by atoms with Crippen molar-refractivity contribution >= 4 is 15.7 Å². The normalized spacial score (nSPS) is 10.8. The van der Waals surface area contributed by atoms with E-state index < -0.39 is 10.0 Å². The molecule has 0 bridgehead atoms. The fourth-order valence-electron chi connectivity index (χ4n) is 1.87. The molecule has 0 amide bonds. The van der Waals surface area contributed by atoms with Gasteiger partial charge in [-0.2, -0.15) is 0 Å². The van der Waals surface area contributed by atoms with Crippen molar-refractivity contribution in [1.29, 1.82) is 0 Å². The molecule has 0 aliphatic heterocycles. The zero-order valence-electron chi connectivity index (χ0n) is 11.5. The van der Waals surface area contributed by atoms with Crippen molar-refractivity contribution in [3.05, 3.63) is 41.3 Å². The second-order valence-electron chi connectivity index (χ2n) is 4.30. The molecule has 0 saturated carbocycles. The van der Waals surface area contributed by atoms with Crippen LogP contribution in [0.5, 0.6) is 0 Å². The Morgan fingerprint density at radius 3 is 2.76 bits per heavy atom. The third kappa shape index (κ3) is 3.42. The van der Waals surface area contributed by atoms with E-state index in [9.17, 15) is 8.42 Å². The number of anilines is 1. The van der Waals surface area contributed by atoms with E-state index in [4.69, 9.17) is 9.63 Å². The van der Waals surface area contributed by atoms with Gasteiger partial charge in [-0.1, -0.05) is 23.1 Å². The highest BCUT2D eigenvalue weighted by Gasteiger charge is 2.24. The second-order valence-corrected chi connectivity index (χ2v) is 5.92. The molecular weight excluding hydrogens is 292 g/mol. The van der Waals surface area contributed by atoms with Gasteiger partial charge in [-0.15, -0.1) is 0 Å². The standard InChI is InChI=1S/C14H14N2O4S/c1-10-14(11(2)20-15-10)21(18,19)16-13-7-3-5-12(9-13)6-4-8-17/h3,5,7,9,16-17H,8H2,1-2H3. The minimum atomic E-state index is -3.77. The third-order valence-corrected chi connectivity index (χ3v) is 4.29. The number of aliphatic hydroxyl groups is 1. The highest BCUT2D eigenvalue weighted by molar-refractivity contribution is 7.92. The maximum atomic E-state index is 12.3. The molecule has 21 heavy (non-hydrogen) atoms. The smallest absolute Gasteiger partial charge is 0.267 e. The van der Waals surface area contributed by atoms with Crippen LogP contribution in [-0.2, 0) is 10.0 Å². The van der Waals surface area contributed by atoms with Crippen molar-refractivity contribution in [2.75, 3.05) is 11.3 Å². The van der Waals surface area contributed by atoms with Gasteiger partial charge in [0, 0.05) is 5.56 Å². The van der Waals surface area contributed by atoms with Gasteiger partial charge in [0.1, 0.15) is 12.3 Å². The molecule has 7 heteroatoms. The molecule has 110 valence electrons. The van der Waals surface area contributed by atoms with E-state index >= 15 is 0 Å². The second kappa shape index (κ2) is 5.99. The van der Waals surface area contributed by atoms with Crippen LogP contribution >= 0.6 is 0 Å². The largest absolute Gasteiger partial charge is 0.384 e. The van der Waals surface area contributed by atoms with E-state index in [0.717, 1.165) is 0 Å². The van der Waals surface area contributed by atoms with Crippen LogP contribution in [-0.4, -0.2) is 25.3 Å². The molecule has 1 aromatic heterocycles. The summed E-state index contributed by atoms with van der Waals surface area (Å²) in [7, 11) is -3.77. The Labute approximate surface area is 122 Å². The quantitative estimate of drug-likeness (QED) is 0.837. The monoisotopic (exact) mass is 306 g/mol. The molecular formula is C14H14N2O4S. The van der Waals surface area contributed by atoms with Gasteiger partial charge in [-0.3, -0.25) is 4.72 Å². The van der Waals surface area contributed by atoms with Crippen LogP contribution in [0.25, 0.3) is 0 Å². The lowest BCUT2D eigenvalue weighted by molar-refractivity contribution is 0.350. The summed E-state index contributed by atoms with van der Waals surface area (Å²) in [6, 6.07) is 6.58. The van der Waals surface area contributed by atoms with Gasteiger partial charge in [0.25, 0.3) is 10.0 Å². The minimum Gasteiger partial charge on any atom is -0.384 e. The summed E-state index contributed by atoms with van der Waals surface area (Å²) in [5.74, 6) is 5.45. The minimum absolute atomic E-state index is 0.0364. The van der Waals surface area contributed by atoms with E-state index in [1.165, 1.54) is 6.92 Å². The molecule has 2 aromatic rings. The first-order valence-corrected chi connectivity index (χ1v) is 7.58. The van der Waals surface area contributed by atoms with Crippen LogP contribution in [0, 0.1) is 25.7 Å². The number of sulfonamides is 1. The molecule has 2 N–H and O–H groups in total. The Morgan fingerprint density at radius 2 is 2.14 bits per heavy atom. The lowest BCUT2D eigenvalue weighted by Crippen LogP contribution is -2.14. The first kappa shape index (κ1) is 15.1. The molecule has 6 nitrogen and oxygen atoms in total. The maximum Gasteiger partial charge on any atom is 0.267 e. The highest BCUT2D eigenvalue weighted by Crippen LogP contribution is 2.22. The van der Waals surface area contributed by atoms with Crippen molar-refractivity contribution in [2.45, 2.75) is 18.7 Å². The molecule has 1 heterocycles. The zero-order chi connectivity index (χ0) is 15.5. The van der Waals surface area contributed by atoms with Crippen LogP contribution < -0.4 is 4.72 Å². The van der Waals surface area contributed by atoms with Crippen LogP contribution in [0.2, 0.25) is 0 Å². The number of benzene rings is 1. The summed E-state index contributed by atoms with van der Waals surface area (Å²) in [5, 5.41) is 12.3. The van der Waals surface area contributed by atoms with Crippen LogP contribution in [0.3, 0.4) is 0 Å². The van der Waals surface area contributed by atoms with Gasteiger partial charge in [0.2, 0.25) is 0 Å². The van der Waals surface area contributed by atoms with E-state index in [2.05, 4.69) is 21.7 Å². The number of hydrogen-bond acceptors (Lipinski definition) is 5. The van der Waals surface area contributed by atoms with Crippen LogP contribution in [0.1, 0.15) is 17.0 Å². The van der Waals surface area contributed by atoms with E-state index in [1.54, 1.807) is 31.2 Å². The van der Waals surface area contributed by atoms with Gasteiger partial charge < -0.3 is 9.63 Å². The number of aromatic nitrogens is 1. The number of aryl methyl sites for hydroxylation is 2. The summed E-state index contributed by atoms with van der Waals surface area (Å²) >= 11 is 0. The number of aliphatic hydroxyl groups excluding tert-OH is 1. The summed E-state index contributed by atoms with van der Waals surface area (Å²) in [6.45, 7) is 2.85. The van der Waals surface area contributed by atoms with Crippen molar-refractivity contribution < 1.29 is 18.0 Å². The number of rotatable bonds is 3. The molecule has 0 spiro atoms. The zero-order valence-corrected chi connectivity index (χ0v) is 12.4. The van der Waals surface area contributed by atoms with E-state index in [-0.39, 0.29) is 17.3 Å². The maximum absolute atomic E-state index is 12.3. The Kier molecular flexibility index (Phi) is 4.31. The van der Waals surface area contributed by atoms with Gasteiger partial charge in [0.05, 0.1) is 5.69 Å². The Balaban J connectivity index is 2.33. The fourth-order valence-corrected chi connectivity index (χ4v) is 3.25. The van der Waals surface area contributed by atoms with Crippen molar-refractivity contribution in [3.63, 3.8) is 0 Å². The molecule has 1 aromatic carbocycles. The lowest BCUT2D eigenvalue weighted by atomic mass is 10.2. The summed E-state index contributed by atoms with van der Waals surface area (Å²) in [5.41, 5.74) is 1.28. The van der Waals surface area contributed by atoms with Gasteiger partial charge in [-0.25, -0.2) is 8.42 Å². The lowest BCUT2D eigenvalue weighted by Gasteiger charge is -2.07. The number of nitrogens with zero attached hydrogens (tertiary/aromatic N) is 1. The first-order chi connectivity index (χ1) is 9.94. The van der Waals surface area contributed by atoms with Crippen molar-refractivity contribution in [3.8, 4) is 11.8 Å². The SMILES string of the molecule is Cc1noc(C)c1S(=O)(=O)Nc1cccc(C#CCO)c1. The molecule has 0 unspecified atom stereocenters. The Morgan fingerprint density at radius 1 is 1.38 bits per heavy atom. The summed E-state index contributed by atoms with van der Waals surface area (Å²) in [6.07, 6.45) is 0. The highest BCUT2D eigenvalue weighted by atomic mass is 32.2. The average Bonchev–Trinajstić information content (AvgIpc) is 2.76. The average molecular weight is 306 g/mol. The van der Waals surface area contributed by atoms with Crippen LogP contribution in [0.15, 0.2) is 33.7 Å². The van der Waals surface area contributed by atoms with Crippen molar-refractivity contribution in [2.24, 2.45) is 0 Å². The van der Waals surface area contributed by atoms with Gasteiger partial charge >= 0.3 is 0 Å². The first-order valence-electron chi connectivity index (χ1n) is 6.09. The Hall–Kier alpha value is -2.30. The van der Waals surface area contributed by atoms with E-state index in [1.807, 2.05) is 0 Å². The molecule has 0 fully saturated rings. The van der Waals surface area contributed by atoms with Crippen molar-refractivity contribution in [1.82, 2.24) is 5.16 Å². The molecule has 0 atom stereocenters. The summed E-state index contributed by atoms with van der Waals surface area (Å²) in [4.78, 5) is 0.0364. The van der Waals surface area contributed by atoms with Crippen LogP contribution in [0.4, 0.5) is 5.69 Å². The molecule has 0 saturated heterocycles. The number of nitrogens with one attached hydrogen (secondary N) is 1. The third-order valence-electron chi connectivity index (χ3n) is 2.66.